The predicted octanol–water partition coefficient (Wildman–Crippen LogP) is -0.549. The second-order valence-electron chi connectivity index (χ2n) is 2.28. The zero-order valence-electron chi connectivity index (χ0n) is 6.77. The van der Waals surface area contributed by atoms with Gasteiger partial charge in [0.15, 0.2) is 0 Å². The number of rotatable bonds is 6. The van der Waals surface area contributed by atoms with E-state index in [4.69, 9.17) is 15.2 Å². The number of hydrogen-bond donors (Lipinski definition) is 4. The topological polar surface area (TPSA) is 95.6 Å². The van der Waals surface area contributed by atoms with Gasteiger partial charge in [0.2, 0.25) is 0 Å². The maximum atomic E-state index is 10.8. The molecule has 0 bridgehead atoms. The van der Waals surface area contributed by atoms with E-state index in [9.17, 15) is 4.21 Å². The summed E-state index contributed by atoms with van der Waals surface area (Å²) in [5.74, 6) is 0.0790. The zero-order valence-corrected chi connectivity index (χ0v) is 8.48. The van der Waals surface area contributed by atoms with Gasteiger partial charge in [-0.25, -0.2) is 4.21 Å². The van der Waals surface area contributed by atoms with Crippen LogP contribution in [0, 0.1) is 0 Å². The lowest BCUT2D eigenvalue weighted by Crippen LogP contribution is -2.24. The number of nitrogens with one attached hydrogen (secondary N) is 1. The first-order valence-corrected chi connectivity index (χ1v) is 6.77. The van der Waals surface area contributed by atoms with E-state index in [0.717, 1.165) is 13.0 Å². The van der Waals surface area contributed by atoms with E-state index < -0.39 is 17.0 Å². The predicted molar refractivity (Wildman–Crippen MR) is 51.3 cm³/mol. The van der Waals surface area contributed by atoms with Gasteiger partial charge in [-0.15, -0.1) is 0 Å². The van der Waals surface area contributed by atoms with Crippen molar-refractivity contribution < 1.29 is 13.7 Å². The van der Waals surface area contributed by atoms with Crippen molar-refractivity contribution >= 4 is 17.0 Å². The lowest BCUT2D eigenvalue weighted by atomic mass is 10.4. The quantitative estimate of drug-likeness (QED) is 0.351. The van der Waals surface area contributed by atoms with E-state index in [2.05, 4.69) is 5.32 Å². The van der Waals surface area contributed by atoms with Gasteiger partial charge in [-0.1, -0.05) is 0 Å². The first kappa shape index (κ1) is 12.3. The maximum Gasteiger partial charge on any atom is 0.145 e. The Hall–Kier alpha value is 0.290. The molecule has 0 saturated heterocycles. The van der Waals surface area contributed by atoms with E-state index in [0.29, 0.717) is 13.1 Å². The van der Waals surface area contributed by atoms with E-state index in [1.165, 1.54) is 0 Å². The summed E-state index contributed by atoms with van der Waals surface area (Å²) in [6.45, 7) is 1.79. The van der Waals surface area contributed by atoms with Gasteiger partial charge in [0.25, 0.3) is 0 Å². The molecule has 0 saturated carbocycles. The van der Waals surface area contributed by atoms with Gasteiger partial charge >= 0.3 is 0 Å². The van der Waals surface area contributed by atoms with Crippen molar-refractivity contribution in [3.63, 3.8) is 0 Å². The molecule has 0 aromatic rings. The van der Waals surface area contributed by atoms with Crippen LogP contribution < -0.4 is 11.1 Å². The highest BCUT2D eigenvalue weighted by molar-refractivity contribution is 8.20. The fraction of sp³-hybridized carbons (Fsp3) is 1.00. The second kappa shape index (κ2) is 6.77. The minimum Gasteiger partial charge on any atom is -0.334 e. The molecule has 0 aliphatic heterocycles. The molecule has 0 aliphatic rings. The standard InChI is InChI=1S/C5H15N2O3PS/c6-2-1-3-7-4-5-12(9,10)11-8/h7-8H,1-6H2,(H,9,10). The molecule has 0 amide bonds. The Morgan fingerprint density at radius 3 is 2.67 bits per heavy atom. The Kier molecular flexibility index (Phi) is 6.93. The van der Waals surface area contributed by atoms with Gasteiger partial charge in [0.05, 0.1) is 5.75 Å². The SMILES string of the molecule is NCCCNCCS(=O)(O)=PO. The van der Waals surface area contributed by atoms with Gasteiger partial charge in [-0.2, -0.15) is 0 Å². The number of hydrogen-bond acceptors (Lipinski definition) is 3. The molecular weight excluding hydrogens is 199 g/mol. The third-order valence-electron chi connectivity index (χ3n) is 1.23. The van der Waals surface area contributed by atoms with Crippen molar-refractivity contribution in [2.75, 3.05) is 25.4 Å². The van der Waals surface area contributed by atoms with Crippen LogP contribution in [-0.2, 0) is 9.39 Å². The fourth-order valence-corrected chi connectivity index (χ4v) is 1.61. The Balaban J connectivity index is 3.39. The molecule has 7 heteroatoms. The van der Waals surface area contributed by atoms with Crippen molar-refractivity contribution in [3.05, 3.63) is 0 Å². The molecule has 0 aromatic carbocycles. The van der Waals surface area contributed by atoms with Gasteiger partial charge in [-0.05, 0) is 19.5 Å². The molecule has 0 fully saturated rings. The van der Waals surface area contributed by atoms with Gasteiger partial charge in [0, 0.05) is 6.54 Å². The van der Waals surface area contributed by atoms with Crippen LogP contribution in [0.1, 0.15) is 6.42 Å². The second-order valence-corrected chi connectivity index (χ2v) is 6.27. The van der Waals surface area contributed by atoms with E-state index >= 15 is 0 Å². The summed E-state index contributed by atoms with van der Waals surface area (Å²) in [5, 5.41) is 2.94. The zero-order chi connectivity index (χ0) is 9.45. The lowest BCUT2D eigenvalue weighted by molar-refractivity contribution is 0.552. The molecule has 74 valence electrons. The largest absolute Gasteiger partial charge is 0.334 e. The molecule has 12 heavy (non-hydrogen) atoms. The third kappa shape index (κ3) is 6.97. The van der Waals surface area contributed by atoms with E-state index in [1.807, 2.05) is 0 Å². The normalized spacial score (nSPS) is 16.2. The van der Waals surface area contributed by atoms with Crippen LogP contribution in [0.25, 0.3) is 0 Å². The fourth-order valence-electron chi connectivity index (χ4n) is 0.598. The summed E-state index contributed by atoms with van der Waals surface area (Å²) in [7, 11) is -3.46. The summed E-state index contributed by atoms with van der Waals surface area (Å²) < 4.78 is 19.7. The van der Waals surface area contributed by atoms with Crippen LogP contribution >= 0.6 is 7.58 Å². The molecule has 0 rings (SSSR count). The Morgan fingerprint density at radius 2 is 2.17 bits per heavy atom. The molecule has 0 aliphatic carbocycles. The van der Waals surface area contributed by atoms with Crippen molar-refractivity contribution in [2.45, 2.75) is 6.42 Å². The highest BCUT2D eigenvalue weighted by Gasteiger charge is 2.00. The molecule has 5 nitrogen and oxygen atoms in total. The first-order valence-electron chi connectivity index (χ1n) is 3.64. The van der Waals surface area contributed by atoms with Crippen LogP contribution in [0.4, 0.5) is 0 Å². The van der Waals surface area contributed by atoms with Crippen LogP contribution in [-0.4, -0.2) is 39.0 Å². The minimum absolute atomic E-state index is 0.0790. The molecule has 0 heterocycles. The van der Waals surface area contributed by atoms with Crippen molar-refractivity contribution in [1.29, 1.82) is 0 Å². The molecule has 1 unspecified atom stereocenters. The van der Waals surface area contributed by atoms with Gasteiger partial charge in [-0.3, -0.25) is 0 Å². The molecule has 0 spiro atoms. The maximum absolute atomic E-state index is 10.8. The van der Waals surface area contributed by atoms with E-state index in [-0.39, 0.29) is 5.75 Å². The summed E-state index contributed by atoms with van der Waals surface area (Å²) >= 11 is 0. The summed E-state index contributed by atoms with van der Waals surface area (Å²) in [6, 6.07) is 0. The van der Waals surface area contributed by atoms with E-state index in [1.54, 1.807) is 0 Å². The van der Waals surface area contributed by atoms with Crippen LogP contribution in [0.3, 0.4) is 0 Å². The Morgan fingerprint density at radius 1 is 1.50 bits per heavy atom. The van der Waals surface area contributed by atoms with Crippen molar-refractivity contribution in [2.24, 2.45) is 5.73 Å². The molecule has 5 N–H and O–H groups in total. The van der Waals surface area contributed by atoms with Crippen LogP contribution in [0.15, 0.2) is 0 Å². The summed E-state index contributed by atoms with van der Waals surface area (Å²) in [4.78, 5) is 8.40. The van der Waals surface area contributed by atoms with Crippen molar-refractivity contribution in [3.8, 4) is 0 Å². The lowest BCUT2D eigenvalue weighted by Gasteiger charge is -2.03. The molecule has 0 aromatic heterocycles. The monoisotopic (exact) mass is 214 g/mol. The smallest absolute Gasteiger partial charge is 0.145 e. The van der Waals surface area contributed by atoms with Crippen molar-refractivity contribution in [1.82, 2.24) is 5.32 Å². The van der Waals surface area contributed by atoms with Crippen LogP contribution in [0.5, 0.6) is 0 Å². The molecule has 0 radical (unpaired) electrons. The highest BCUT2D eigenvalue weighted by Crippen LogP contribution is 2.00. The average molecular weight is 214 g/mol. The third-order valence-corrected chi connectivity index (χ3v) is 3.53. The Bertz CT molecular complexity index is 215. The van der Waals surface area contributed by atoms with Crippen LogP contribution in [0.2, 0.25) is 0 Å². The Labute approximate surface area is 74.1 Å². The average Bonchev–Trinajstić information content (AvgIpc) is 2.04. The van der Waals surface area contributed by atoms with Gasteiger partial charge in [0.1, 0.15) is 17.0 Å². The molecular formula is C5H15N2O3PS. The number of nitrogens with two attached hydrogens (primary N) is 1. The summed E-state index contributed by atoms with van der Waals surface area (Å²) in [5.41, 5.74) is 5.24. The summed E-state index contributed by atoms with van der Waals surface area (Å²) in [6.07, 6.45) is 0.851. The molecule has 1 atom stereocenters. The first-order chi connectivity index (χ1) is 5.62. The minimum atomic E-state index is -3.02. The highest BCUT2D eigenvalue weighted by atomic mass is 32.5. The van der Waals surface area contributed by atoms with Gasteiger partial charge < -0.3 is 20.5 Å².